The molecule has 1 aromatic carbocycles. The SMILES string of the molecule is CC(C)(C)CC(C)(C)C(=O)Oc1cccc(B2OC(C)(C)C(C)(C)O2)c1. The molecule has 0 aromatic heterocycles. The largest absolute Gasteiger partial charge is 0.494 e. The fraction of sp³-hybridized carbons (Fsp3) is 0.667. The molecule has 0 N–H and O–H groups in total. The molecule has 1 aromatic rings. The summed E-state index contributed by atoms with van der Waals surface area (Å²) >= 11 is 0. The minimum Gasteiger partial charge on any atom is -0.426 e. The van der Waals surface area contributed by atoms with Crippen molar-refractivity contribution in [3.05, 3.63) is 24.3 Å². The number of rotatable bonds is 4. The van der Waals surface area contributed by atoms with Gasteiger partial charge >= 0.3 is 13.1 Å². The number of hydrogen-bond acceptors (Lipinski definition) is 4. The summed E-state index contributed by atoms with van der Waals surface area (Å²) < 4.78 is 17.8. The first-order chi connectivity index (χ1) is 11.6. The zero-order valence-corrected chi connectivity index (χ0v) is 17.7. The lowest BCUT2D eigenvalue weighted by Gasteiger charge is -2.32. The van der Waals surface area contributed by atoms with Crippen LogP contribution in [0, 0.1) is 10.8 Å². The van der Waals surface area contributed by atoms with Crippen LogP contribution in [0.3, 0.4) is 0 Å². The van der Waals surface area contributed by atoms with Gasteiger partial charge in [0.15, 0.2) is 0 Å². The fourth-order valence-corrected chi connectivity index (χ4v) is 3.35. The van der Waals surface area contributed by atoms with Crippen LogP contribution >= 0.6 is 0 Å². The predicted molar refractivity (Wildman–Crippen MR) is 106 cm³/mol. The van der Waals surface area contributed by atoms with Gasteiger partial charge in [0, 0.05) is 0 Å². The molecule has 26 heavy (non-hydrogen) atoms. The summed E-state index contributed by atoms with van der Waals surface area (Å²) in [4.78, 5) is 12.7. The molecule has 1 fully saturated rings. The van der Waals surface area contributed by atoms with Crippen LogP contribution in [0.15, 0.2) is 24.3 Å². The van der Waals surface area contributed by atoms with Crippen LogP contribution in [0.2, 0.25) is 0 Å². The van der Waals surface area contributed by atoms with Crippen molar-refractivity contribution in [2.75, 3.05) is 0 Å². The Morgan fingerprint density at radius 3 is 2.08 bits per heavy atom. The first kappa shape index (κ1) is 21.0. The summed E-state index contributed by atoms with van der Waals surface area (Å²) in [7, 11) is -0.471. The number of carbonyl (C=O) groups excluding carboxylic acids is 1. The second-order valence-electron chi connectivity index (χ2n) is 10.2. The highest BCUT2D eigenvalue weighted by Gasteiger charge is 2.51. The average molecular weight is 360 g/mol. The van der Waals surface area contributed by atoms with Crippen molar-refractivity contribution >= 4 is 18.6 Å². The van der Waals surface area contributed by atoms with Crippen molar-refractivity contribution in [2.24, 2.45) is 10.8 Å². The molecule has 0 aliphatic carbocycles. The molecule has 0 spiro atoms. The Bertz CT molecular complexity index is 655. The van der Waals surface area contributed by atoms with Gasteiger partial charge in [0.1, 0.15) is 5.75 Å². The molecule has 1 aliphatic heterocycles. The Morgan fingerprint density at radius 2 is 1.58 bits per heavy atom. The van der Waals surface area contributed by atoms with Crippen molar-refractivity contribution in [1.82, 2.24) is 0 Å². The summed E-state index contributed by atoms with van der Waals surface area (Å²) in [6, 6.07) is 7.41. The van der Waals surface area contributed by atoms with Gasteiger partial charge in [-0.2, -0.15) is 0 Å². The maximum Gasteiger partial charge on any atom is 0.494 e. The second-order valence-corrected chi connectivity index (χ2v) is 10.2. The molecule has 2 rings (SSSR count). The third kappa shape index (κ3) is 4.69. The maximum absolute atomic E-state index is 12.7. The molecule has 0 saturated carbocycles. The van der Waals surface area contributed by atoms with Gasteiger partial charge in [-0.15, -0.1) is 0 Å². The van der Waals surface area contributed by atoms with Gasteiger partial charge in [-0.05, 0) is 71.0 Å². The van der Waals surface area contributed by atoms with Gasteiger partial charge in [0.2, 0.25) is 0 Å². The van der Waals surface area contributed by atoms with E-state index in [2.05, 4.69) is 20.8 Å². The van der Waals surface area contributed by atoms with Crippen LogP contribution < -0.4 is 10.2 Å². The standard InChI is InChI=1S/C21H33BO4/c1-18(2,3)14-19(4,5)17(23)24-16-12-10-11-15(13-16)22-25-20(6,7)21(8,9)26-22/h10-13H,14H2,1-9H3. The van der Waals surface area contributed by atoms with E-state index >= 15 is 0 Å². The van der Waals surface area contributed by atoms with Gasteiger partial charge in [-0.3, -0.25) is 4.79 Å². The normalized spacial score (nSPS) is 19.5. The predicted octanol–water partition coefficient (Wildman–Crippen LogP) is 4.35. The van der Waals surface area contributed by atoms with E-state index in [1.165, 1.54) is 0 Å². The molecule has 0 atom stereocenters. The highest BCUT2D eigenvalue weighted by atomic mass is 16.7. The van der Waals surface area contributed by atoms with Crippen LogP contribution in [0.1, 0.15) is 68.7 Å². The fourth-order valence-electron chi connectivity index (χ4n) is 3.35. The molecule has 0 unspecified atom stereocenters. The smallest absolute Gasteiger partial charge is 0.426 e. The van der Waals surface area contributed by atoms with Crippen LogP contribution in [0.4, 0.5) is 0 Å². The minimum atomic E-state index is -0.557. The zero-order valence-electron chi connectivity index (χ0n) is 17.7. The van der Waals surface area contributed by atoms with Crippen molar-refractivity contribution < 1.29 is 18.8 Å². The molecule has 0 radical (unpaired) electrons. The minimum absolute atomic E-state index is 0.0487. The first-order valence-corrected chi connectivity index (χ1v) is 9.31. The van der Waals surface area contributed by atoms with Gasteiger partial charge in [-0.1, -0.05) is 32.9 Å². The first-order valence-electron chi connectivity index (χ1n) is 9.31. The molecule has 1 aliphatic rings. The van der Waals surface area contributed by atoms with Crippen LogP contribution in [0.25, 0.3) is 0 Å². The van der Waals surface area contributed by atoms with E-state index in [0.29, 0.717) is 5.75 Å². The Kier molecular flexibility index (Phi) is 5.39. The number of hydrogen-bond donors (Lipinski definition) is 0. The van der Waals surface area contributed by atoms with Crippen molar-refractivity contribution in [2.45, 2.75) is 79.9 Å². The van der Waals surface area contributed by atoms with E-state index in [-0.39, 0.29) is 11.4 Å². The molecule has 1 heterocycles. The number of esters is 1. The van der Waals surface area contributed by atoms with E-state index in [4.69, 9.17) is 14.0 Å². The van der Waals surface area contributed by atoms with E-state index in [0.717, 1.165) is 11.9 Å². The van der Waals surface area contributed by atoms with Gasteiger partial charge in [0.05, 0.1) is 16.6 Å². The molecule has 0 amide bonds. The summed E-state index contributed by atoms with van der Waals surface area (Å²) in [6.07, 6.45) is 0.746. The number of benzene rings is 1. The molecule has 144 valence electrons. The van der Waals surface area contributed by atoms with E-state index in [9.17, 15) is 4.79 Å². The second kappa shape index (κ2) is 6.68. The number of carbonyl (C=O) groups is 1. The quantitative estimate of drug-likeness (QED) is 0.455. The summed E-state index contributed by atoms with van der Waals surface area (Å²) in [6.45, 7) is 18.3. The average Bonchev–Trinajstić information content (AvgIpc) is 2.65. The maximum atomic E-state index is 12.7. The monoisotopic (exact) mass is 360 g/mol. The highest BCUT2D eigenvalue weighted by molar-refractivity contribution is 6.62. The van der Waals surface area contributed by atoms with E-state index in [1.54, 1.807) is 6.07 Å². The zero-order chi connectivity index (χ0) is 20.0. The highest BCUT2D eigenvalue weighted by Crippen LogP contribution is 2.37. The van der Waals surface area contributed by atoms with Crippen LogP contribution in [0.5, 0.6) is 5.75 Å². The third-order valence-corrected chi connectivity index (χ3v) is 5.12. The third-order valence-electron chi connectivity index (χ3n) is 5.12. The lowest BCUT2D eigenvalue weighted by Crippen LogP contribution is -2.41. The van der Waals surface area contributed by atoms with Gasteiger partial charge in [0.25, 0.3) is 0 Å². The molecule has 0 bridgehead atoms. The molecule has 1 saturated heterocycles. The van der Waals surface area contributed by atoms with Gasteiger partial charge < -0.3 is 14.0 Å². The van der Waals surface area contributed by atoms with E-state index < -0.39 is 23.7 Å². The van der Waals surface area contributed by atoms with Crippen molar-refractivity contribution in [3.63, 3.8) is 0 Å². The Morgan fingerprint density at radius 1 is 1.04 bits per heavy atom. The summed E-state index contributed by atoms with van der Waals surface area (Å²) in [5.74, 6) is 0.294. The van der Waals surface area contributed by atoms with Crippen molar-refractivity contribution in [1.29, 1.82) is 0 Å². The Labute approximate surface area is 158 Å². The van der Waals surface area contributed by atoms with Gasteiger partial charge in [-0.25, -0.2) is 0 Å². The molecular formula is C21H33BO4. The lowest BCUT2D eigenvalue weighted by molar-refractivity contribution is -0.145. The summed E-state index contributed by atoms with van der Waals surface area (Å²) in [5, 5.41) is 0. The molecule has 5 heteroatoms. The van der Waals surface area contributed by atoms with Crippen LogP contribution in [-0.2, 0) is 14.1 Å². The van der Waals surface area contributed by atoms with Crippen LogP contribution in [-0.4, -0.2) is 24.3 Å². The number of ether oxygens (including phenoxy) is 1. The topological polar surface area (TPSA) is 44.8 Å². The van der Waals surface area contributed by atoms with E-state index in [1.807, 2.05) is 59.7 Å². The Balaban J connectivity index is 2.14. The Hall–Kier alpha value is -1.33. The molecule has 4 nitrogen and oxygen atoms in total. The lowest BCUT2D eigenvalue weighted by atomic mass is 9.76. The molecular weight excluding hydrogens is 327 g/mol. The summed E-state index contributed by atoms with van der Waals surface area (Å²) in [5.41, 5.74) is -0.466. The van der Waals surface area contributed by atoms with Crippen molar-refractivity contribution in [3.8, 4) is 5.75 Å².